The molecule has 1 radical (unpaired) electrons. The van der Waals surface area contributed by atoms with Crippen LogP contribution in [0.2, 0.25) is 0 Å². The lowest BCUT2D eigenvalue weighted by Gasteiger charge is -1.91. The minimum Gasteiger partial charge on any atom is -0.466 e. The van der Waals surface area contributed by atoms with Crippen LogP contribution in [0.3, 0.4) is 0 Å². The second-order valence-electron chi connectivity index (χ2n) is 2.27. The standard InChI is InChI=1S/C9H15O2/c1-3-4-5-6-7-8-9(10)11-2/h7-8H,1,3-6H2,2H3/b8-7+. The molecule has 0 rings (SSSR count). The van der Waals surface area contributed by atoms with Crippen molar-refractivity contribution in [3.63, 3.8) is 0 Å². The van der Waals surface area contributed by atoms with Crippen LogP contribution in [0.5, 0.6) is 0 Å². The predicted molar refractivity (Wildman–Crippen MR) is 45.0 cm³/mol. The fourth-order valence-corrected chi connectivity index (χ4v) is 0.687. The average molecular weight is 155 g/mol. The van der Waals surface area contributed by atoms with E-state index in [4.69, 9.17) is 0 Å². The summed E-state index contributed by atoms with van der Waals surface area (Å²) in [5, 5.41) is 0. The van der Waals surface area contributed by atoms with Crippen molar-refractivity contribution < 1.29 is 9.53 Å². The summed E-state index contributed by atoms with van der Waals surface area (Å²) in [4.78, 5) is 10.5. The number of allylic oxidation sites excluding steroid dienone is 1. The first-order valence-electron chi connectivity index (χ1n) is 3.85. The number of methoxy groups -OCH3 is 1. The maximum absolute atomic E-state index is 10.5. The summed E-state index contributed by atoms with van der Waals surface area (Å²) in [5.41, 5.74) is 0. The summed E-state index contributed by atoms with van der Waals surface area (Å²) in [6.45, 7) is 3.72. The Balaban J connectivity index is 3.22. The summed E-state index contributed by atoms with van der Waals surface area (Å²) >= 11 is 0. The van der Waals surface area contributed by atoms with Gasteiger partial charge in [-0.1, -0.05) is 25.8 Å². The minimum absolute atomic E-state index is 0.278. The van der Waals surface area contributed by atoms with E-state index in [-0.39, 0.29) is 5.97 Å². The third-order valence-corrected chi connectivity index (χ3v) is 1.33. The molecule has 0 atom stereocenters. The zero-order chi connectivity index (χ0) is 8.53. The highest BCUT2D eigenvalue weighted by molar-refractivity contribution is 5.81. The average Bonchev–Trinajstić information content (AvgIpc) is 2.04. The van der Waals surface area contributed by atoms with Crippen LogP contribution < -0.4 is 0 Å². The molecule has 0 aromatic heterocycles. The van der Waals surface area contributed by atoms with Crippen LogP contribution in [0.25, 0.3) is 0 Å². The smallest absolute Gasteiger partial charge is 0.330 e. The van der Waals surface area contributed by atoms with E-state index in [0.717, 1.165) is 25.7 Å². The van der Waals surface area contributed by atoms with Gasteiger partial charge in [-0.25, -0.2) is 4.79 Å². The third kappa shape index (κ3) is 7.10. The first-order valence-corrected chi connectivity index (χ1v) is 3.85. The number of hydrogen-bond acceptors (Lipinski definition) is 2. The molecule has 0 saturated carbocycles. The van der Waals surface area contributed by atoms with E-state index >= 15 is 0 Å². The molecule has 0 aliphatic rings. The normalized spacial score (nSPS) is 10.4. The van der Waals surface area contributed by atoms with Crippen molar-refractivity contribution in [1.29, 1.82) is 0 Å². The van der Waals surface area contributed by atoms with Gasteiger partial charge in [0.05, 0.1) is 7.11 Å². The molecular weight excluding hydrogens is 140 g/mol. The van der Waals surface area contributed by atoms with E-state index in [1.165, 1.54) is 13.2 Å². The molecule has 0 unspecified atom stereocenters. The molecule has 0 aromatic carbocycles. The molecule has 0 amide bonds. The molecule has 2 nitrogen and oxygen atoms in total. The van der Waals surface area contributed by atoms with E-state index in [1.54, 1.807) is 0 Å². The van der Waals surface area contributed by atoms with E-state index < -0.39 is 0 Å². The number of ether oxygens (including phenoxy) is 1. The second-order valence-corrected chi connectivity index (χ2v) is 2.27. The quantitative estimate of drug-likeness (QED) is 0.345. The minimum atomic E-state index is -0.278. The Morgan fingerprint density at radius 1 is 1.55 bits per heavy atom. The third-order valence-electron chi connectivity index (χ3n) is 1.33. The maximum Gasteiger partial charge on any atom is 0.330 e. The Bertz CT molecular complexity index is 128. The Hall–Kier alpha value is -0.790. The first kappa shape index (κ1) is 10.2. The van der Waals surface area contributed by atoms with E-state index in [9.17, 15) is 4.79 Å². The van der Waals surface area contributed by atoms with Crippen molar-refractivity contribution in [2.45, 2.75) is 25.7 Å². The van der Waals surface area contributed by atoms with Gasteiger partial charge in [0.15, 0.2) is 0 Å². The highest BCUT2D eigenvalue weighted by Crippen LogP contribution is 1.98. The number of hydrogen-bond donors (Lipinski definition) is 0. The Morgan fingerprint density at radius 2 is 2.27 bits per heavy atom. The van der Waals surface area contributed by atoms with Gasteiger partial charge in [0.25, 0.3) is 0 Å². The van der Waals surface area contributed by atoms with Gasteiger partial charge in [0.1, 0.15) is 0 Å². The Labute approximate surface area is 68.2 Å². The van der Waals surface area contributed by atoms with Gasteiger partial charge in [0, 0.05) is 6.08 Å². The number of carbonyl (C=O) groups excluding carboxylic acids is 1. The van der Waals surface area contributed by atoms with Crippen molar-refractivity contribution in [3.05, 3.63) is 19.1 Å². The Kier molecular flexibility index (Phi) is 6.79. The molecule has 0 bridgehead atoms. The van der Waals surface area contributed by atoms with E-state index in [1.807, 2.05) is 6.08 Å². The molecule has 0 fully saturated rings. The summed E-state index contributed by atoms with van der Waals surface area (Å²) in [6, 6.07) is 0. The number of unbranched alkanes of at least 4 members (excludes halogenated alkanes) is 3. The van der Waals surface area contributed by atoms with Crippen LogP contribution in [0.4, 0.5) is 0 Å². The van der Waals surface area contributed by atoms with Gasteiger partial charge in [-0.05, 0) is 12.8 Å². The molecule has 0 aliphatic heterocycles. The van der Waals surface area contributed by atoms with E-state index in [0.29, 0.717) is 0 Å². The Morgan fingerprint density at radius 3 is 2.82 bits per heavy atom. The molecule has 11 heavy (non-hydrogen) atoms. The second kappa shape index (κ2) is 7.32. The van der Waals surface area contributed by atoms with Crippen LogP contribution in [-0.4, -0.2) is 13.1 Å². The molecule has 0 aliphatic carbocycles. The fraction of sp³-hybridized carbons (Fsp3) is 0.556. The van der Waals surface area contributed by atoms with Crippen molar-refractivity contribution in [2.24, 2.45) is 0 Å². The zero-order valence-corrected chi connectivity index (χ0v) is 7.01. The van der Waals surface area contributed by atoms with Crippen molar-refractivity contribution >= 4 is 5.97 Å². The van der Waals surface area contributed by atoms with Crippen LogP contribution in [0.15, 0.2) is 12.2 Å². The zero-order valence-electron chi connectivity index (χ0n) is 7.01. The van der Waals surface area contributed by atoms with Crippen LogP contribution in [0, 0.1) is 6.92 Å². The summed E-state index contributed by atoms with van der Waals surface area (Å²) in [7, 11) is 1.38. The molecule has 0 saturated heterocycles. The van der Waals surface area contributed by atoms with Gasteiger partial charge in [-0.3, -0.25) is 0 Å². The van der Waals surface area contributed by atoms with Gasteiger partial charge >= 0.3 is 5.97 Å². The highest BCUT2D eigenvalue weighted by atomic mass is 16.5. The van der Waals surface area contributed by atoms with Gasteiger partial charge in [0.2, 0.25) is 0 Å². The van der Waals surface area contributed by atoms with Gasteiger partial charge < -0.3 is 4.74 Å². The lowest BCUT2D eigenvalue weighted by atomic mass is 10.2. The topological polar surface area (TPSA) is 26.3 Å². The fourth-order valence-electron chi connectivity index (χ4n) is 0.687. The lowest BCUT2D eigenvalue weighted by Crippen LogP contribution is -1.93. The molecule has 0 heterocycles. The van der Waals surface area contributed by atoms with Crippen molar-refractivity contribution in [1.82, 2.24) is 0 Å². The molecule has 0 spiro atoms. The largest absolute Gasteiger partial charge is 0.466 e. The van der Waals surface area contributed by atoms with Gasteiger partial charge in [-0.15, -0.1) is 0 Å². The highest BCUT2D eigenvalue weighted by Gasteiger charge is 1.88. The van der Waals surface area contributed by atoms with Crippen LogP contribution in [0.1, 0.15) is 25.7 Å². The van der Waals surface area contributed by atoms with Crippen LogP contribution >= 0.6 is 0 Å². The predicted octanol–water partition coefficient (Wildman–Crippen LogP) is 2.11. The molecule has 63 valence electrons. The van der Waals surface area contributed by atoms with Crippen molar-refractivity contribution in [3.8, 4) is 0 Å². The van der Waals surface area contributed by atoms with E-state index in [2.05, 4.69) is 11.7 Å². The maximum atomic E-state index is 10.5. The molecule has 0 aromatic rings. The SMILES string of the molecule is [CH2]CCCC/C=C/C(=O)OC. The van der Waals surface area contributed by atoms with Crippen LogP contribution in [-0.2, 0) is 9.53 Å². The summed E-state index contributed by atoms with van der Waals surface area (Å²) in [6.07, 6.45) is 7.41. The number of esters is 1. The number of carbonyl (C=O) groups is 1. The summed E-state index contributed by atoms with van der Waals surface area (Å²) in [5.74, 6) is -0.278. The first-order chi connectivity index (χ1) is 5.31. The molecule has 0 N–H and O–H groups in total. The molecule has 2 heteroatoms. The van der Waals surface area contributed by atoms with Gasteiger partial charge in [-0.2, -0.15) is 0 Å². The molecular formula is C9H15O2. The number of rotatable bonds is 5. The summed E-state index contributed by atoms with van der Waals surface area (Å²) < 4.78 is 4.42. The lowest BCUT2D eigenvalue weighted by molar-refractivity contribution is -0.134. The monoisotopic (exact) mass is 155 g/mol. The van der Waals surface area contributed by atoms with Crippen molar-refractivity contribution in [2.75, 3.05) is 7.11 Å².